The second-order valence-electron chi connectivity index (χ2n) is 4.61. The average molecular weight is 342 g/mol. The Kier molecular flexibility index (Phi) is 7.09. The van der Waals surface area contributed by atoms with E-state index in [4.69, 9.17) is 0 Å². The summed E-state index contributed by atoms with van der Waals surface area (Å²) in [5.74, 6) is 0. The smallest absolute Gasteiger partial charge is 0.803 e. The molecule has 2 heterocycles. The van der Waals surface area contributed by atoms with Gasteiger partial charge in [0.15, 0.2) is 0 Å². The third-order valence-electron chi connectivity index (χ3n) is 2.62. The Balaban J connectivity index is 0.000000364. The molecule has 0 amide bonds. The Morgan fingerprint density at radius 1 is 0.714 bits per heavy atom. The molecule has 0 unspecified atom stereocenters. The zero-order valence-corrected chi connectivity index (χ0v) is 15.5. The van der Waals surface area contributed by atoms with Gasteiger partial charge in [-0.15, -0.1) is 0 Å². The summed E-state index contributed by atoms with van der Waals surface area (Å²) >= 11 is 0. The standard InChI is InChI=1S/2C7H8NO2.Zn/c2*1-5-3-6(2)8(10)7(9)4-5;/h2*3-4H,1-2H3;/q2*-1;+2. The first kappa shape index (κ1) is 19.1. The molecule has 0 aliphatic carbocycles. The molecule has 0 aliphatic rings. The summed E-state index contributed by atoms with van der Waals surface area (Å²) in [5.41, 5.74) is 1.58. The van der Waals surface area contributed by atoms with Gasteiger partial charge in [0.25, 0.3) is 0 Å². The topological polar surface area (TPSA) is 90.1 Å². The van der Waals surface area contributed by atoms with E-state index in [1.165, 1.54) is 12.1 Å². The van der Waals surface area contributed by atoms with Crippen LogP contribution in [0.25, 0.3) is 0 Å². The summed E-state index contributed by atoms with van der Waals surface area (Å²) in [4.78, 5) is 21.4. The van der Waals surface area contributed by atoms with E-state index < -0.39 is 11.1 Å². The van der Waals surface area contributed by atoms with Crippen molar-refractivity contribution in [3.8, 4) is 0 Å². The predicted molar refractivity (Wildman–Crippen MR) is 77.9 cm³/mol. The molecule has 0 spiro atoms. The van der Waals surface area contributed by atoms with Gasteiger partial charge < -0.3 is 19.9 Å². The zero-order valence-electron chi connectivity index (χ0n) is 12.5. The monoisotopic (exact) mass is 340 g/mol. The molecule has 6 nitrogen and oxygen atoms in total. The maximum Gasteiger partial charge on any atom is 2.00 e. The molecule has 7 heteroatoms. The van der Waals surface area contributed by atoms with Crippen LogP contribution < -0.4 is 11.1 Å². The number of nitrogens with zero attached hydrogens (tertiary/aromatic N) is 2. The van der Waals surface area contributed by atoms with Crippen LogP contribution in [0.15, 0.2) is 33.9 Å². The SMILES string of the molecule is Cc1cc(C)n([O-])c(=O)c1.Cc1cc(C)n([O-])c(=O)c1.[Zn+2]. The molecule has 0 saturated carbocycles. The van der Waals surface area contributed by atoms with Crippen molar-refractivity contribution < 1.29 is 19.5 Å². The van der Waals surface area contributed by atoms with Crippen LogP contribution in [0.5, 0.6) is 0 Å². The van der Waals surface area contributed by atoms with E-state index in [-0.39, 0.29) is 19.5 Å². The number of rotatable bonds is 0. The molecule has 0 fully saturated rings. The Labute approximate surface area is 135 Å². The molecule has 0 aromatic carbocycles. The van der Waals surface area contributed by atoms with Crippen molar-refractivity contribution in [3.63, 3.8) is 0 Å². The third kappa shape index (κ3) is 5.19. The minimum Gasteiger partial charge on any atom is -0.803 e. The average Bonchev–Trinajstić information content (AvgIpc) is 2.33. The van der Waals surface area contributed by atoms with Gasteiger partial charge in [-0.3, -0.25) is 9.59 Å². The van der Waals surface area contributed by atoms with Crippen LogP contribution in [-0.2, 0) is 19.5 Å². The van der Waals surface area contributed by atoms with Gasteiger partial charge in [0, 0.05) is 23.5 Å². The third-order valence-corrected chi connectivity index (χ3v) is 2.62. The van der Waals surface area contributed by atoms with Crippen LogP contribution in [0.1, 0.15) is 22.5 Å². The molecule has 0 radical (unpaired) electrons. The van der Waals surface area contributed by atoms with E-state index in [9.17, 15) is 20.0 Å². The molecular formula is C14H16N2O4Zn. The molecule has 2 rings (SSSR count). The molecule has 21 heavy (non-hydrogen) atoms. The fourth-order valence-corrected chi connectivity index (χ4v) is 1.71. The van der Waals surface area contributed by atoms with Crippen LogP contribution >= 0.6 is 0 Å². The van der Waals surface area contributed by atoms with Gasteiger partial charge in [-0.2, -0.15) is 0 Å². The normalized spacial score (nSPS) is 9.33. The van der Waals surface area contributed by atoms with Crippen LogP contribution in [0.3, 0.4) is 0 Å². The molecule has 2 aromatic heterocycles. The molecule has 0 bridgehead atoms. The van der Waals surface area contributed by atoms with Crippen LogP contribution in [0.4, 0.5) is 0 Å². The van der Waals surface area contributed by atoms with Gasteiger partial charge in [0.1, 0.15) is 0 Å². The zero-order chi connectivity index (χ0) is 15.4. The Bertz CT molecular complexity index is 671. The van der Waals surface area contributed by atoms with E-state index in [0.29, 0.717) is 20.8 Å². The minimum absolute atomic E-state index is 0. The maximum absolute atomic E-state index is 10.7. The Morgan fingerprint density at radius 2 is 1.00 bits per heavy atom. The maximum atomic E-state index is 10.7. The number of aryl methyl sites for hydroxylation is 4. The van der Waals surface area contributed by atoms with E-state index in [1.807, 2.05) is 0 Å². The van der Waals surface area contributed by atoms with Crippen molar-refractivity contribution in [1.82, 2.24) is 9.46 Å². The second kappa shape index (κ2) is 7.79. The van der Waals surface area contributed by atoms with Gasteiger partial charge in [0.2, 0.25) is 11.1 Å². The fraction of sp³-hybridized carbons (Fsp3) is 0.286. The summed E-state index contributed by atoms with van der Waals surface area (Å²) in [6.45, 7) is 6.80. The van der Waals surface area contributed by atoms with Gasteiger partial charge in [-0.25, -0.2) is 0 Å². The van der Waals surface area contributed by atoms with E-state index in [0.717, 1.165) is 11.1 Å². The second-order valence-corrected chi connectivity index (χ2v) is 4.61. The Hall–Kier alpha value is -1.88. The first-order chi connectivity index (χ1) is 9.22. The molecule has 0 saturated heterocycles. The summed E-state index contributed by atoms with van der Waals surface area (Å²) in [7, 11) is 0. The summed E-state index contributed by atoms with van der Waals surface area (Å²) in [5, 5.41) is 21.4. The van der Waals surface area contributed by atoms with Crippen molar-refractivity contribution in [2.75, 3.05) is 0 Å². The van der Waals surface area contributed by atoms with Crippen molar-refractivity contribution in [2.45, 2.75) is 27.7 Å². The van der Waals surface area contributed by atoms with Gasteiger partial charge in [-0.1, -0.05) is 0 Å². The number of pyridine rings is 2. The van der Waals surface area contributed by atoms with Crippen molar-refractivity contribution in [1.29, 1.82) is 0 Å². The Morgan fingerprint density at radius 3 is 1.24 bits per heavy atom. The minimum atomic E-state index is -0.488. The summed E-state index contributed by atoms with van der Waals surface area (Å²) in [6.07, 6.45) is 0. The molecular weight excluding hydrogens is 326 g/mol. The summed E-state index contributed by atoms with van der Waals surface area (Å²) < 4.78 is 0.764. The van der Waals surface area contributed by atoms with Crippen LogP contribution in [-0.4, -0.2) is 9.46 Å². The largest absolute Gasteiger partial charge is 2.00 e. The van der Waals surface area contributed by atoms with Crippen molar-refractivity contribution >= 4 is 0 Å². The first-order valence-corrected chi connectivity index (χ1v) is 5.98. The van der Waals surface area contributed by atoms with Gasteiger partial charge in [0.05, 0.1) is 0 Å². The molecule has 0 aliphatic heterocycles. The molecule has 108 valence electrons. The predicted octanol–water partition coefficient (Wildman–Crippen LogP) is 1.62. The number of aromatic nitrogens is 2. The fourth-order valence-electron chi connectivity index (χ4n) is 1.71. The van der Waals surface area contributed by atoms with E-state index >= 15 is 0 Å². The number of hydrogen-bond donors (Lipinski definition) is 0. The van der Waals surface area contributed by atoms with Crippen LogP contribution in [0.2, 0.25) is 0 Å². The van der Waals surface area contributed by atoms with E-state index in [2.05, 4.69) is 0 Å². The molecule has 0 N–H and O–H groups in total. The summed E-state index contributed by atoms with van der Waals surface area (Å²) in [6, 6.07) is 5.99. The van der Waals surface area contributed by atoms with Crippen LogP contribution in [0, 0.1) is 38.1 Å². The van der Waals surface area contributed by atoms with E-state index in [1.54, 1.807) is 39.8 Å². The number of hydrogen-bond acceptors (Lipinski definition) is 4. The van der Waals surface area contributed by atoms with Crippen molar-refractivity contribution in [3.05, 3.63) is 77.9 Å². The first-order valence-electron chi connectivity index (χ1n) is 5.98. The van der Waals surface area contributed by atoms with Gasteiger partial charge >= 0.3 is 19.5 Å². The van der Waals surface area contributed by atoms with Gasteiger partial charge in [-0.05, 0) is 51.0 Å². The van der Waals surface area contributed by atoms with Crippen molar-refractivity contribution in [2.24, 2.45) is 0 Å². The molecule has 0 atom stereocenters. The molecule has 2 aromatic rings. The quantitative estimate of drug-likeness (QED) is 0.681.